The van der Waals surface area contributed by atoms with Gasteiger partial charge in [0.05, 0.1) is 0 Å². The summed E-state index contributed by atoms with van der Waals surface area (Å²) in [5.74, 6) is 5.92. The fourth-order valence-corrected chi connectivity index (χ4v) is 2.55. The van der Waals surface area contributed by atoms with Gasteiger partial charge in [0.2, 0.25) is 0 Å². The molecule has 0 amide bonds. The van der Waals surface area contributed by atoms with Gasteiger partial charge >= 0.3 is 0 Å². The number of hydrogen-bond acceptors (Lipinski definition) is 3. The van der Waals surface area contributed by atoms with Gasteiger partial charge in [0.1, 0.15) is 0 Å². The normalized spacial score (nSPS) is 29.5. The summed E-state index contributed by atoms with van der Waals surface area (Å²) in [5, 5.41) is 2.06. The Balaban J connectivity index is 1.89. The van der Waals surface area contributed by atoms with Crippen LogP contribution in [0.15, 0.2) is 0 Å². The smallest absolute Gasteiger partial charge is 0.0388 e. The minimum atomic E-state index is 0.394. The van der Waals surface area contributed by atoms with Crippen molar-refractivity contribution in [3.05, 3.63) is 0 Å². The highest BCUT2D eigenvalue weighted by Crippen LogP contribution is 2.37. The highest BCUT2D eigenvalue weighted by molar-refractivity contribution is 5.00. The number of likely N-dealkylation sites (tertiary alicyclic amines) is 1. The van der Waals surface area contributed by atoms with E-state index < -0.39 is 0 Å². The van der Waals surface area contributed by atoms with E-state index in [0.29, 0.717) is 11.6 Å². The predicted octanol–water partition coefficient (Wildman–Crippen LogP) is 0.809. The molecule has 2 saturated heterocycles. The Morgan fingerprint density at radius 1 is 1.08 bits per heavy atom. The van der Waals surface area contributed by atoms with E-state index >= 15 is 0 Å². The SMILES string of the molecule is CC(C)N1CCC2(CC1)CCN2N. The monoisotopic (exact) mass is 183 g/mol. The number of nitrogens with two attached hydrogens (primary N) is 1. The molecule has 0 saturated carbocycles. The number of piperidine rings is 1. The van der Waals surface area contributed by atoms with E-state index in [0.717, 1.165) is 6.54 Å². The molecule has 0 unspecified atom stereocenters. The number of hydrogen-bond donors (Lipinski definition) is 1. The van der Waals surface area contributed by atoms with Crippen molar-refractivity contribution in [3.63, 3.8) is 0 Å². The molecule has 0 bridgehead atoms. The summed E-state index contributed by atoms with van der Waals surface area (Å²) < 4.78 is 0. The Labute approximate surface area is 80.8 Å². The van der Waals surface area contributed by atoms with Crippen LogP contribution in [0.2, 0.25) is 0 Å². The van der Waals surface area contributed by atoms with E-state index in [2.05, 4.69) is 23.8 Å². The van der Waals surface area contributed by atoms with Gasteiger partial charge in [0, 0.05) is 31.2 Å². The van der Waals surface area contributed by atoms with Crippen LogP contribution in [0.3, 0.4) is 0 Å². The summed E-state index contributed by atoms with van der Waals surface area (Å²) in [6, 6.07) is 0.698. The second-order valence-corrected chi connectivity index (χ2v) is 4.80. The van der Waals surface area contributed by atoms with E-state index in [4.69, 9.17) is 5.84 Å². The van der Waals surface area contributed by atoms with Crippen LogP contribution >= 0.6 is 0 Å². The molecule has 1 spiro atoms. The number of hydrazine groups is 1. The van der Waals surface area contributed by atoms with Gasteiger partial charge in [-0.1, -0.05) is 0 Å². The molecule has 0 atom stereocenters. The maximum Gasteiger partial charge on any atom is 0.0388 e. The van der Waals surface area contributed by atoms with Crippen LogP contribution in [-0.2, 0) is 0 Å². The van der Waals surface area contributed by atoms with Crippen LogP contribution in [0, 0.1) is 0 Å². The van der Waals surface area contributed by atoms with Crippen LogP contribution in [-0.4, -0.2) is 41.1 Å². The molecular formula is C10H21N3. The lowest BCUT2D eigenvalue weighted by molar-refractivity contribution is -0.0641. The fraction of sp³-hybridized carbons (Fsp3) is 1.00. The molecule has 2 rings (SSSR count). The van der Waals surface area contributed by atoms with Crippen LogP contribution in [0.25, 0.3) is 0 Å². The fourth-order valence-electron chi connectivity index (χ4n) is 2.55. The van der Waals surface area contributed by atoms with E-state index in [-0.39, 0.29) is 0 Å². The van der Waals surface area contributed by atoms with Crippen LogP contribution in [0.1, 0.15) is 33.1 Å². The molecule has 0 aromatic rings. The molecule has 0 aromatic carbocycles. The first kappa shape index (κ1) is 9.44. The molecule has 76 valence electrons. The summed E-state index contributed by atoms with van der Waals surface area (Å²) in [6.07, 6.45) is 3.85. The summed E-state index contributed by atoms with van der Waals surface area (Å²) in [6.45, 7) is 8.11. The Hall–Kier alpha value is -0.120. The number of rotatable bonds is 1. The lowest BCUT2D eigenvalue weighted by Crippen LogP contribution is -2.67. The third kappa shape index (κ3) is 1.49. The van der Waals surface area contributed by atoms with Gasteiger partial charge in [-0.3, -0.25) is 5.84 Å². The standard InChI is InChI=1S/C10H21N3/c1-9(2)12-6-3-10(4-7-12)5-8-13(10)11/h9H,3-8,11H2,1-2H3. The molecule has 0 aromatic heterocycles. The van der Waals surface area contributed by atoms with Gasteiger partial charge in [-0.05, 0) is 33.1 Å². The minimum Gasteiger partial charge on any atom is -0.301 e. The summed E-state index contributed by atoms with van der Waals surface area (Å²) in [4.78, 5) is 2.55. The van der Waals surface area contributed by atoms with E-state index in [1.165, 1.54) is 32.4 Å². The van der Waals surface area contributed by atoms with Crippen LogP contribution < -0.4 is 5.84 Å². The maximum atomic E-state index is 5.92. The quantitative estimate of drug-likeness (QED) is 0.611. The molecule has 0 aliphatic carbocycles. The highest BCUT2D eigenvalue weighted by Gasteiger charge is 2.45. The predicted molar refractivity (Wildman–Crippen MR) is 54.2 cm³/mol. The lowest BCUT2D eigenvalue weighted by Gasteiger charge is -2.54. The van der Waals surface area contributed by atoms with Crippen molar-refractivity contribution in [3.8, 4) is 0 Å². The maximum absolute atomic E-state index is 5.92. The molecule has 2 heterocycles. The largest absolute Gasteiger partial charge is 0.301 e. The van der Waals surface area contributed by atoms with Crippen LogP contribution in [0.4, 0.5) is 0 Å². The van der Waals surface area contributed by atoms with E-state index in [1.807, 2.05) is 0 Å². The van der Waals surface area contributed by atoms with Crippen molar-refractivity contribution >= 4 is 0 Å². The Morgan fingerprint density at radius 3 is 1.92 bits per heavy atom. The first-order valence-electron chi connectivity index (χ1n) is 5.40. The Bertz CT molecular complexity index is 183. The zero-order chi connectivity index (χ0) is 9.47. The molecule has 0 radical (unpaired) electrons. The molecular weight excluding hydrogens is 162 g/mol. The molecule has 2 aliphatic heterocycles. The molecule has 2 N–H and O–H groups in total. The Morgan fingerprint density at radius 2 is 1.62 bits per heavy atom. The average Bonchev–Trinajstić information content (AvgIpc) is 2.15. The van der Waals surface area contributed by atoms with Gasteiger partial charge in [0.15, 0.2) is 0 Å². The van der Waals surface area contributed by atoms with Crippen molar-refractivity contribution in [1.29, 1.82) is 0 Å². The Kier molecular flexibility index (Phi) is 2.34. The summed E-state index contributed by atoms with van der Waals surface area (Å²) in [5.41, 5.74) is 0.394. The molecule has 2 fully saturated rings. The molecule has 13 heavy (non-hydrogen) atoms. The van der Waals surface area contributed by atoms with Gasteiger partial charge in [0.25, 0.3) is 0 Å². The molecule has 3 heteroatoms. The van der Waals surface area contributed by atoms with Gasteiger partial charge in [-0.15, -0.1) is 0 Å². The van der Waals surface area contributed by atoms with Crippen molar-refractivity contribution in [2.45, 2.75) is 44.7 Å². The zero-order valence-corrected chi connectivity index (χ0v) is 8.79. The van der Waals surface area contributed by atoms with Crippen molar-refractivity contribution in [2.75, 3.05) is 19.6 Å². The highest BCUT2D eigenvalue weighted by atomic mass is 15.5. The first-order valence-corrected chi connectivity index (χ1v) is 5.40. The molecule has 2 aliphatic rings. The van der Waals surface area contributed by atoms with Crippen molar-refractivity contribution in [2.24, 2.45) is 5.84 Å². The van der Waals surface area contributed by atoms with Crippen LogP contribution in [0.5, 0.6) is 0 Å². The van der Waals surface area contributed by atoms with E-state index in [9.17, 15) is 0 Å². The topological polar surface area (TPSA) is 32.5 Å². The second kappa shape index (κ2) is 3.23. The van der Waals surface area contributed by atoms with Gasteiger partial charge in [-0.25, -0.2) is 5.01 Å². The van der Waals surface area contributed by atoms with E-state index in [1.54, 1.807) is 0 Å². The third-order valence-corrected chi connectivity index (χ3v) is 3.89. The van der Waals surface area contributed by atoms with Crippen molar-refractivity contribution < 1.29 is 0 Å². The average molecular weight is 183 g/mol. The third-order valence-electron chi connectivity index (χ3n) is 3.89. The zero-order valence-electron chi connectivity index (χ0n) is 8.79. The first-order chi connectivity index (χ1) is 6.14. The van der Waals surface area contributed by atoms with Crippen molar-refractivity contribution in [1.82, 2.24) is 9.91 Å². The molecule has 3 nitrogen and oxygen atoms in total. The minimum absolute atomic E-state index is 0.394. The second-order valence-electron chi connectivity index (χ2n) is 4.80. The number of nitrogens with zero attached hydrogens (tertiary/aromatic N) is 2. The lowest BCUT2D eigenvalue weighted by atomic mass is 9.78. The van der Waals surface area contributed by atoms with Gasteiger partial charge < -0.3 is 4.90 Å². The summed E-state index contributed by atoms with van der Waals surface area (Å²) >= 11 is 0. The van der Waals surface area contributed by atoms with Gasteiger partial charge in [-0.2, -0.15) is 0 Å². The summed E-state index contributed by atoms with van der Waals surface area (Å²) in [7, 11) is 0.